The van der Waals surface area contributed by atoms with Gasteiger partial charge in [-0.1, -0.05) is 32.0 Å². The van der Waals surface area contributed by atoms with E-state index in [2.05, 4.69) is 17.0 Å². The van der Waals surface area contributed by atoms with Gasteiger partial charge in [-0.3, -0.25) is 4.79 Å². The minimum Gasteiger partial charge on any atom is -0.363 e. The summed E-state index contributed by atoms with van der Waals surface area (Å²) < 4.78 is 0. The monoisotopic (exact) mass is 189 g/mol. The van der Waals surface area contributed by atoms with Crippen molar-refractivity contribution in [3.05, 3.63) is 30.3 Å². The predicted octanol–water partition coefficient (Wildman–Crippen LogP) is 2.10. The number of benzene rings is 1. The topological polar surface area (TPSA) is 20.3 Å². The van der Waals surface area contributed by atoms with Gasteiger partial charge in [0.15, 0.2) is 5.78 Å². The van der Waals surface area contributed by atoms with Crippen molar-refractivity contribution in [3.63, 3.8) is 0 Å². The molecule has 0 atom stereocenters. The summed E-state index contributed by atoms with van der Waals surface area (Å²) in [6.45, 7) is 5.41. The number of rotatable bonds is 1. The molecule has 1 fully saturated rings. The molecule has 1 heterocycles. The zero-order valence-corrected chi connectivity index (χ0v) is 8.66. The first-order chi connectivity index (χ1) is 6.59. The number of hydrogen-bond donors (Lipinski definition) is 0. The fourth-order valence-corrected chi connectivity index (χ4v) is 1.83. The van der Waals surface area contributed by atoms with Crippen LogP contribution < -0.4 is 4.90 Å². The Bertz CT molecular complexity index is 343. The van der Waals surface area contributed by atoms with Gasteiger partial charge < -0.3 is 4.90 Å². The Labute approximate surface area is 84.5 Å². The van der Waals surface area contributed by atoms with Crippen LogP contribution in [0.3, 0.4) is 0 Å². The Morgan fingerprint density at radius 3 is 2.36 bits per heavy atom. The van der Waals surface area contributed by atoms with E-state index in [1.54, 1.807) is 0 Å². The normalized spacial score (nSPS) is 20.1. The highest BCUT2D eigenvalue weighted by Crippen LogP contribution is 2.29. The number of Topliss-reactive ketones (excluding diaryl/α,β-unsaturated/α-hetero) is 1. The SMILES string of the molecule is CC1(C)CN(c2ccccc2)CC1=O. The standard InChI is InChI=1S/C12H15NO/c1-12(2)9-13(8-11(12)14)10-6-4-3-5-7-10/h3-7H,8-9H2,1-2H3. The van der Waals surface area contributed by atoms with Crippen LogP contribution >= 0.6 is 0 Å². The number of nitrogens with zero attached hydrogens (tertiary/aromatic N) is 1. The Kier molecular flexibility index (Phi) is 2.06. The van der Waals surface area contributed by atoms with Gasteiger partial charge in [-0.2, -0.15) is 0 Å². The van der Waals surface area contributed by atoms with E-state index < -0.39 is 0 Å². The number of carbonyl (C=O) groups excluding carboxylic acids is 1. The quantitative estimate of drug-likeness (QED) is 0.674. The zero-order valence-electron chi connectivity index (χ0n) is 8.66. The predicted molar refractivity (Wildman–Crippen MR) is 57.4 cm³/mol. The first-order valence-electron chi connectivity index (χ1n) is 4.93. The second-order valence-electron chi connectivity index (χ2n) is 4.50. The molecule has 0 saturated carbocycles. The average Bonchev–Trinajstić information content (AvgIpc) is 2.43. The molecular weight excluding hydrogens is 174 g/mol. The minimum atomic E-state index is -0.185. The van der Waals surface area contributed by atoms with Gasteiger partial charge in [0.05, 0.1) is 6.54 Å². The molecule has 0 amide bonds. The lowest BCUT2D eigenvalue weighted by atomic mass is 9.92. The molecule has 0 spiro atoms. The van der Waals surface area contributed by atoms with E-state index in [0.29, 0.717) is 12.3 Å². The smallest absolute Gasteiger partial charge is 0.159 e. The van der Waals surface area contributed by atoms with Crippen LogP contribution in [-0.4, -0.2) is 18.9 Å². The molecule has 0 bridgehead atoms. The number of hydrogen-bond acceptors (Lipinski definition) is 2. The highest BCUT2D eigenvalue weighted by atomic mass is 16.1. The average molecular weight is 189 g/mol. The molecule has 2 heteroatoms. The molecule has 0 N–H and O–H groups in total. The summed E-state index contributed by atoms with van der Waals surface area (Å²) in [5, 5.41) is 0. The number of carbonyl (C=O) groups is 1. The first-order valence-corrected chi connectivity index (χ1v) is 4.93. The van der Waals surface area contributed by atoms with Gasteiger partial charge in [-0.05, 0) is 12.1 Å². The first kappa shape index (κ1) is 9.25. The fraction of sp³-hybridized carbons (Fsp3) is 0.417. The number of para-hydroxylation sites is 1. The van der Waals surface area contributed by atoms with Gasteiger partial charge in [0, 0.05) is 17.6 Å². The molecule has 1 saturated heterocycles. The van der Waals surface area contributed by atoms with E-state index in [4.69, 9.17) is 0 Å². The van der Waals surface area contributed by atoms with E-state index in [1.807, 2.05) is 32.0 Å². The highest BCUT2D eigenvalue weighted by molar-refractivity contribution is 5.92. The van der Waals surface area contributed by atoms with E-state index in [-0.39, 0.29) is 5.41 Å². The molecule has 1 aromatic carbocycles. The van der Waals surface area contributed by atoms with Crippen LogP contribution in [0.4, 0.5) is 5.69 Å². The van der Waals surface area contributed by atoms with Crippen LogP contribution in [0.2, 0.25) is 0 Å². The third-order valence-electron chi connectivity index (χ3n) is 2.80. The summed E-state index contributed by atoms with van der Waals surface area (Å²) in [6.07, 6.45) is 0. The summed E-state index contributed by atoms with van der Waals surface area (Å²) in [5.41, 5.74) is 0.960. The summed E-state index contributed by atoms with van der Waals surface area (Å²) >= 11 is 0. The minimum absolute atomic E-state index is 0.185. The number of ketones is 1. The largest absolute Gasteiger partial charge is 0.363 e. The molecule has 74 valence electrons. The van der Waals surface area contributed by atoms with Crippen molar-refractivity contribution >= 4 is 11.5 Å². The molecule has 0 radical (unpaired) electrons. The van der Waals surface area contributed by atoms with Crippen molar-refractivity contribution in [1.82, 2.24) is 0 Å². The van der Waals surface area contributed by atoms with E-state index in [9.17, 15) is 4.79 Å². The Balaban J connectivity index is 2.21. The van der Waals surface area contributed by atoms with Crippen LogP contribution in [0.15, 0.2) is 30.3 Å². The maximum Gasteiger partial charge on any atom is 0.159 e. The molecule has 1 aromatic rings. The molecule has 14 heavy (non-hydrogen) atoms. The van der Waals surface area contributed by atoms with Crippen LogP contribution in [0, 0.1) is 5.41 Å². The van der Waals surface area contributed by atoms with Crippen molar-refractivity contribution in [2.24, 2.45) is 5.41 Å². The third-order valence-corrected chi connectivity index (χ3v) is 2.80. The summed E-state index contributed by atoms with van der Waals surface area (Å²) in [6, 6.07) is 10.1. The van der Waals surface area contributed by atoms with E-state index >= 15 is 0 Å². The van der Waals surface area contributed by atoms with Gasteiger partial charge in [-0.15, -0.1) is 0 Å². The Hall–Kier alpha value is -1.31. The lowest BCUT2D eigenvalue weighted by Gasteiger charge is -2.19. The summed E-state index contributed by atoms with van der Waals surface area (Å²) in [5.74, 6) is 0.335. The van der Waals surface area contributed by atoms with Gasteiger partial charge in [0.2, 0.25) is 0 Å². The van der Waals surface area contributed by atoms with Crippen molar-refractivity contribution in [2.75, 3.05) is 18.0 Å². The maximum absolute atomic E-state index is 11.6. The maximum atomic E-state index is 11.6. The summed E-state index contributed by atoms with van der Waals surface area (Å²) in [7, 11) is 0. The molecule has 0 unspecified atom stereocenters. The Morgan fingerprint density at radius 1 is 1.21 bits per heavy atom. The molecule has 0 aliphatic carbocycles. The number of anilines is 1. The lowest BCUT2D eigenvalue weighted by Crippen LogP contribution is -2.23. The van der Waals surface area contributed by atoms with Crippen molar-refractivity contribution in [1.29, 1.82) is 0 Å². The zero-order chi connectivity index (χ0) is 10.2. The summed E-state index contributed by atoms with van der Waals surface area (Å²) in [4.78, 5) is 13.8. The highest BCUT2D eigenvalue weighted by Gasteiger charge is 2.37. The molecule has 0 aromatic heterocycles. The second-order valence-corrected chi connectivity index (χ2v) is 4.50. The molecule has 2 nitrogen and oxygen atoms in total. The van der Waals surface area contributed by atoms with Crippen molar-refractivity contribution < 1.29 is 4.79 Å². The molecule has 1 aliphatic rings. The van der Waals surface area contributed by atoms with Gasteiger partial charge in [-0.25, -0.2) is 0 Å². The third kappa shape index (κ3) is 1.52. The molecule has 1 aliphatic heterocycles. The van der Waals surface area contributed by atoms with E-state index in [0.717, 1.165) is 12.2 Å². The van der Waals surface area contributed by atoms with Crippen molar-refractivity contribution in [3.8, 4) is 0 Å². The van der Waals surface area contributed by atoms with Crippen molar-refractivity contribution in [2.45, 2.75) is 13.8 Å². The lowest BCUT2D eigenvalue weighted by molar-refractivity contribution is -0.122. The van der Waals surface area contributed by atoms with Gasteiger partial charge in [0.25, 0.3) is 0 Å². The second kappa shape index (κ2) is 3.12. The van der Waals surface area contributed by atoms with E-state index in [1.165, 1.54) is 0 Å². The van der Waals surface area contributed by atoms with Crippen LogP contribution in [0.25, 0.3) is 0 Å². The van der Waals surface area contributed by atoms with Crippen LogP contribution in [0.5, 0.6) is 0 Å². The molecule has 2 rings (SSSR count). The molecular formula is C12H15NO. The Morgan fingerprint density at radius 2 is 1.86 bits per heavy atom. The van der Waals surface area contributed by atoms with Crippen LogP contribution in [0.1, 0.15) is 13.8 Å². The van der Waals surface area contributed by atoms with Crippen LogP contribution in [-0.2, 0) is 4.79 Å². The fourth-order valence-electron chi connectivity index (χ4n) is 1.83. The van der Waals surface area contributed by atoms with Gasteiger partial charge in [0.1, 0.15) is 0 Å². The van der Waals surface area contributed by atoms with Gasteiger partial charge >= 0.3 is 0 Å².